The molecule has 0 radical (unpaired) electrons. The monoisotopic (exact) mass is 257 g/mol. The van der Waals surface area contributed by atoms with Crippen LogP contribution in [0.2, 0.25) is 0 Å². The number of anilines is 1. The molecule has 0 aliphatic carbocycles. The molecule has 0 bridgehead atoms. The van der Waals surface area contributed by atoms with Crippen LogP contribution in [0.3, 0.4) is 0 Å². The van der Waals surface area contributed by atoms with E-state index in [0.717, 1.165) is 6.07 Å². The Hall–Kier alpha value is -2.18. The van der Waals surface area contributed by atoms with E-state index in [1.165, 1.54) is 12.1 Å². The van der Waals surface area contributed by atoms with Gasteiger partial charge in [0.15, 0.2) is 17.5 Å². The number of rotatable bonds is 4. The minimum atomic E-state index is -1.15. The van der Waals surface area contributed by atoms with Crippen molar-refractivity contribution in [3.05, 3.63) is 29.8 Å². The van der Waals surface area contributed by atoms with Crippen molar-refractivity contribution in [2.75, 3.05) is 5.32 Å². The molecule has 0 spiro atoms. The summed E-state index contributed by atoms with van der Waals surface area (Å²) in [5.74, 6) is -4.08. The molecule has 0 fully saturated rings. The van der Waals surface area contributed by atoms with Gasteiger partial charge in [-0.1, -0.05) is 18.1 Å². The van der Waals surface area contributed by atoms with Crippen LogP contribution in [-0.4, -0.2) is 17.0 Å². The molecular weight excluding hydrogens is 244 g/mol. The maximum atomic E-state index is 13.3. The lowest BCUT2D eigenvalue weighted by Gasteiger charge is -2.13. The number of benzene rings is 1. The smallest absolute Gasteiger partial charge is 0.235 e. The van der Waals surface area contributed by atoms with Crippen LogP contribution in [0.15, 0.2) is 23.4 Å². The standard InChI is InChI=1S/C11H13F2N3O2/c1-2-6(10(14)16-18)11(17)15-8-5-3-4-7(12)9(8)13/h3-6,18H,2H2,1H3,(H2,14,16)(H,15,17). The van der Waals surface area contributed by atoms with Crippen LogP contribution < -0.4 is 11.1 Å². The largest absolute Gasteiger partial charge is 0.409 e. The number of amidine groups is 1. The van der Waals surface area contributed by atoms with E-state index in [9.17, 15) is 13.6 Å². The van der Waals surface area contributed by atoms with E-state index in [0.29, 0.717) is 0 Å². The summed E-state index contributed by atoms with van der Waals surface area (Å²) in [6, 6.07) is 3.42. The van der Waals surface area contributed by atoms with Crippen molar-refractivity contribution in [3.8, 4) is 0 Å². The zero-order chi connectivity index (χ0) is 13.7. The molecule has 1 aromatic carbocycles. The second-order valence-electron chi connectivity index (χ2n) is 3.58. The Morgan fingerprint density at radius 3 is 2.78 bits per heavy atom. The molecule has 4 N–H and O–H groups in total. The number of oxime groups is 1. The van der Waals surface area contributed by atoms with Gasteiger partial charge >= 0.3 is 0 Å². The second kappa shape index (κ2) is 5.95. The van der Waals surface area contributed by atoms with Gasteiger partial charge < -0.3 is 16.3 Å². The molecule has 18 heavy (non-hydrogen) atoms. The molecule has 0 aromatic heterocycles. The summed E-state index contributed by atoms with van der Waals surface area (Å²) in [6.45, 7) is 1.64. The Labute approximate surface area is 102 Å². The minimum Gasteiger partial charge on any atom is -0.409 e. The van der Waals surface area contributed by atoms with Crippen molar-refractivity contribution in [2.45, 2.75) is 13.3 Å². The molecular formula is C11H13F2N3O2. The van der Waals surface area contributed by atoms with Gasteiger partial charge in [-0.25, -0.2) is 8.78 Å². The molecule has 5 nitrogen and oxygen atoms in total. The first-order valence-corrected chi connectivity index (χ1v) is 5.23. The van der Waals surface area contributed by atoms with Crippen molar-refractivity contribution in [2.24, 2.45) is 16.8 Å². The Balaban J connectivity index is 2.90. The highest BCUT2D eigenvalue weighted by Crippen LogP contribution is 2.18. The maximum absolute atomic E-state index is 13.3. The predicted octanol–water partition coefficient (Wildman–Crippen LogP) is 1.68. The summed E-state index contributed by atoms with van der Waals surface area (Å²) < 4.78 is 26.2. The zero-order valence-electron chi connectivity index (χ0n) is 9.65. The molecule has 1 atom stereocenters. The molecule has 1 aromatic rings. The Morgan fingerprint density at radius 2 is 2.22 bits per heavy atom. The number of amides is 1. The Morgan fingerprint density at radius 1 is 1.56 bits per heavy atom. The first kappa shape index (κ1) is 13.9. The first-order chi connectivity index (χ1) is 8.51. The molecule has 1 amide bonds. The van der Waals surface area contributed by atoms with Gasteiger partial charge in [-0.15, -0.1) is 0 Å². The van der Waals surface area contributed by atoms with Crippen molar-refractivity contribution in [1.29, 1.82) is 0 Å². The molecule has 0 saturated carbocycles. The molecule has 7 heteroatoms. The van der Waals surface area contributed by atoms with Crippen LogP contribution in [0.4, 0.5) is 14.5 Å². The lowest BCUT2D eigenvalue weighted by molar-refractivity contribution is -0.118. The number of hydrogen-bond acceptors (Lipinski definition) is 3. The van der Waals surface area contributed by atoms with E-state index in [1.54, 1.807) is 6.92 Å². The van der Waals surface area contributed by atoms with E-state index in [4.69, 9.17) is 10.9 Å². The third-order valence-electron chi connectivity index (χ3n) is 2.41. The van der Waals surface area contributed by atoms with Crippen LogP contribution in [0, 0.1) is 17.6 Å². The van der Waals surface area contributed by atoms with E-state index < -0.39 is 23.5 Å². The molecule has 98 valence electrons. The van der Waals surface area contributed by atoms with Crippen LogP contribution in [0.5, 0.6) is 0 Å². The number of nitrogens with two attached hydrogens (primary N) is 1. The first-order valence-electron chi connectivity index (χ1n) is 5.23. The van der Waals surface area contributed by atoms with Crippen LogP contribution in [0.25, 0.3) is 0 Å². The fraction of sp³-hybridized carbons (Fsp3) is 0.273. The van der Waals surface area contributed by atoms with Crippen LogP contribution in [0.1, 0.15) is 13.3 Å². The molecule has 1 unspecified atom stereocenters. The molecule has 1 rings (SSSR count). The van der Waals surface area contributed by atoms with Gasteiger partial charge in [0.25, 0.3) is 0 Å². The van der Waals surface area contributed by atoms with Gasteiger partial charge in [-0.2, -0.15) is 0 Å². The van der Waals surface area contributed by atoms with E-state index in [1.807, 2.05) is 0 Å². The highest BCUT2D eigenvalue weighted by Gasteiger charge is 2.22. The van der Waals surface area contributed by atoms with Gasteiger partial charge in [-0.3, -0.25) is 4.79 Å². The van der Waals surface area contributed by atoms with Crippen molar-refractivity contribution in [3.63, 3.8) is 0 Å². The zero-order valence-corrected chi connectivity index (χ0v) is 9.65. The normalized spacial score (nSPS) is 13.2. The number of nitrogens with zero attached hydrogens (tertiary/aromatic N) is 1. The summed E-state index contributed by atoms with van der Waals surface area (Å²) in [5, 5.41) is 13.4. The van der Waals surface area contributed by atoms with Crippen molar-refractivity contribution in [1.82, 2.24) is 0 Å². The molecule has 0 aliphatic heterocycles. The molecule has 0 saturated heterocycles. The van der Waals surface area contributed by atoms with Crippen molar-refractivity contribution >= 4 is 17.4 Å². The summed E-state index contributed by atoms with van der Waals surface area (Å²) >= 11 is 0. The summed E-state index contributed by atoms with van der Waals surface area (Å²) in [7, 11) is 0. The van der Waals surface area contributed by atoms with Crippen LogP contribution in [-0.2, 0) is 4.79 Å². The summed E-state index contributed by atoms with van der Waals surface area (Å²) in [5.41, 5.74) is 5.03. The van der Waals surface area contributed by atoms with Gasteiger partial charge in [0.05, 0.1) is 11.6 Å². The van der Waals surface area contributed by atoms with Gasteiger partial charge in [-0.05, 0) is 18.6 Å². The predicted molar refractivity (Wildman–Crippen MR) is 62.2 cm³/mol. The Bertz CT molecular complexity index is 477. The summed E-state index contributed by atoms with van der Waals surface area (Å²) in [4.78, 5) is 11.7. The van der Waals surface area contributed by atoms with E-state index >= 15 is 0 Å². The maximum Gasteiger partial charge on any atom is 0.235 e. The topological polar surface area (TPSA) is 87.7 Å². The van der Waals surface area contributed by atoms with E-state index in [2.05, 4.69) is 10.5 Å². The quantitative estimate of drug-likeness (QED) is 0.332. The minimum absolute atomic E-state index is 0.263. The number of hydrogen-bond donors (Lipinski definition) is 3. The van der Waals surface area contributed by atoms with Gasteiger partial charge in [0.2, 0.25) is 5.91 Å². The number of halogens is 2. The third kappa shape index (κ3) is 2.93. The lowest BCUT2D eigenvalue weighted by atomic mass is 10.0. The third-order valence-corrected chi connectivity index (χ3v) is 2.41. The Kier molecular flexibility index (Phi) is 4.59. The van der Waals surface area contributed by atoms with Gasteiger partial charge in [0, 0.05) is 0 Å². The average molecular weight is 257 g/mol. The average Bonchev–Trinajstić information content (AvgIpc) is 2.35. The highest BCUT2D eigenvalue weighted by atomic mass is 19.2. The van der Waals surface area contributed by atoms with Crippen molar-refractivity contribution < 1.29 is 18.8 Å². The fourth-order valence-corrected chi connectivity index (χ4v) is 1.42. The second-order valence-corrected chi connectivity index (χ2v) is 3.58. The summed E-state index contributed by atoms with van der Waals surface area (Å²) in [6.07, 6.45) is 0.263. The van der Waals surface area contributed by atoms with E-state index in [-0.39, 0.29) is 17.9 Å². The SMILES string of the molecule is CCC(C(=O)Nc1cccc(F)c1F)C(N)=NO. The molecule has 0 heterocycles. The number of nitrogens with one attached hydrogen (secondary N) is 1. The lowest BCUT2D eigenvalue weighted by Crippen LogP contribution is -2.34. The highest BCUT2D eigenvalue weighted by molar-refractivity contribution is 6.07. The molecule has 0 aliphatic rings. The number of carbonyl (C=O) groups is 1. The van der Waals surface area contributed by atoms with Crippen LogP contribution >= 0.6 is 0 Å². The fourth-order valence-electron chi connectivity index (χ4n) is 1.42. The van der Waals surface area contributed by atoms with Gasteiger partial charge in [0.1, 0.15) is 0 Å². The number of carbonyl (C=O) groups excluding carboxylic acids is 1.